The predicted octanol–water partition coefficient (Wildman–Crippen LogP) is 4.99. The minimum atomic E-state index is 0.0664. The topological polar surface area (TPSA) is 54.9 Å². The Labute approximate surface area is 146 Å². The normalized spacial score (nSPS) is 12.1. The number of amides is 1. The maximum absolute atomic E-state index is 12.3. The molecule has 1 heterocycles. The minimum Gasteiger partial charge on any atom is -0.300 e. The van der Waals surface area contributed by atoms with Crippen molar-refractivity contribution in [2.75, 3.05) is 5.32 Å². The van der Waals surface area contributed by atoms with Crippen molar-refractivity contribution in [2.24, 2.45) is 5.92 Å². The summed E-state index contributed by atoms with van der Waals surface area (Å²) in [4.78, 5) is 12.3. The van der Waals surface area contributed by atoms with Crippen molar-refractivity contribution in [1.82, 2.24) is 10.2 Å². The number of thioether (sulfide) groups is 1. The fourth-order valence-electron chi connectivity index (χ4n) is 2.22. The molecule has 23 heavy (non-hydrogen) atoms. The van der Waals surface area contributed by atoms with Gasteiger partial charge in [0.25, 0.3) is 0 Å². The third kappa shape index (κ3) is 5.95. The Morgan fingerprint density at radius 2 is 2.04 bits per heavy atom. The van der Waals surface area contributed by atoms with E-state index in [1.807, 2.05) is 18.2 Å². The van der Waals surface area contributed by atoms with E-state index in [0.717, 1.165) is 35.8 Å². The van der Waals surface area contributed by atoms with Crippen LogP contribution in [-0.2, 0) is 10.5 Å². The lowest BCUT2D eigenvalue weighted by Crippen LogP contribution is -2.22. The standard InChI is InChI=1S/C17H23N3OS2/c1-3-5-11-14(4-2)15(21)18-16-19-20-17(23-16)22-12-13-9-7-6-8-10-13/h6-10,14H,3-5,11-12H2,1-2H3,(H,18,19,21). The van der Waals surface area contributed by atoms with Crippen molar-refractivity contribution in [1.29, 1.82) is 0 Å². The predicted molar refractivity (Wildman–Crippen MR) is 97.8 cm³/mol. The maximum atomic E-state index is 12.3. The molecule has 1 aromatic carbocycles. The van der Waals surface area contributed by atoms with E-state index in [0.29, 0.717) is 5.13 Å². The lowest BCUT2D eigenvalue weighted by atomic mass is 9.99. The molecular weight excluding hydrogens is 326 g/mol. The third-order valence-electron chi connectivity index (χ3n) is 3.61. The average molecular weight is 350 g/mol. The summed E-state index contributed by atoms with van der Waals surface area (Å²) in [5.74, 6) is 0.994. The van der Waals surface area contributed by atoms with E-state index in [4.69, 9.17) is 0 Å². The van der Waals surface area contributed by atoms with Crippen LogP contribution in [0.3, 0.4) is 0 Å². The Hall–Kier alpha value is -1.40. The number of rotatable bonds is 9. The number of anilines is 1. The second-order valence-corrected chi connectivity index (χ2v) is 7.58. The summed E-state index contributed by atoms with van der Waals surface area (Å²) < 4.78 is 0.880. The van der Waals surface area contributed by atoms with Gasteiger partial charge >= 0.3 is 0 Å². The summed E-state index contributed by atoms with van der Waals surface area (Å²) in [7, 11) is 0. The highest BCUT2D eigenvalue weighted by Crippen LogP contribution is 2.28. The molecule has 2 aromatic rings. The van der Waals surface area contributed by atoms with Crippen LogP contribution in [0.15, 0.2) is 34.7 Å². The molecule has 0 aliphatic carbocycles. The number of aromatic nitrogens is 2. The Morgan fingerprint density at radius 3 is 2.74 bits per heavy atom. The van der Waals surface area contributed by atoms with Crippen molar-refractivity contribution in [3.05, 3.63) is 35.9 Å². The Morgan fingerprint density at radius 1 is 1.26 bits per heavy atom. The van der Waals surface area contributed by atoms with Crippen molar-refractivity contribution >= 4 is 34.1 Å². The monoisotopic (exact) mass is 349 g/mol. The van der Waals surface area contributed by atoms with Crippen LogP contribution < -0.4 is 5.32 Å². The molecule has 0 saturated carbocycles. The summed E-state index contributed by atoms with van der Waals surface area (Å²) in [6.07, 6.45) is 4.00. The molecule has 4 nitrogen and oxygen atoms in total. The molecule has 0 fully saturated rings. The molecule has 0 aliphatic rings. The minimum absolute atomic E-state index is 0.0664. The molecule has 0 saturated heterocycles. The molecule has 1 unspecified atom stereocenters. The molecule has 0 bridgehead atoms. The number of benzene rings is 1. The van der Waals surface area contributed by atoms with Gasteiger partial charge in [0.1, 0.15) is 0 Å². The highest BCUT2D eigenvalue weighted by atomic mass is 32.2. The zero-order valence-corrected chi connectivity index (χ0v) is 15.3. The largest absolute Gasteiger partial charge is 0.300 e. The van der Waals surface area contributed by atoms with Gasteiger partial charge in [-0.15, -0.1) is 10.2 Å². The van der Waals surface area contributed by atoms with Crippen LogP contribution in [0.5, 0.6) is 0 Å². The summed E-state index contributed by atoms with van der Waals surface area (Å²) in [5.41, 5.74) is 1.25. The molecule has 1 atom stereocenters. The molecule has 6 heteroatoms. The number of hydrogen-bond donors (Lipinski definition) is 1. The van der Waals surface area contributed by atoms with E-state index >= 15 is 0 Å². The zero-order chi connectivity index (χ0) is 16.5. The molecule has 1 N–H and O–H groups in total. The summed E-state index contributed by atoms with van der Waals surface area (Å²) in [6.45, 7) is 4.20. The smallest absolute Gasteiger partial charge is 0.229 e. The summed E-state index contributed by atoms with van der Waals surface area (Å²) in [5, 5.41) is 11.7. The van der Waals surface area contributed by atoms with Crippen LogP contribution in [-0.4, -0.2) is 16.1 Å². The van der Waals surface area contributed by atoms with Crippen LogP contribution >= 0.6 is 23.1 Å². The average Bonchev–Trinajstić information content (AvgIpc) is 3.02. The fraction of sp³-hybridized carbons (Fsp3) is 0.471. The molecule has 1 amide bonds. The number of hydrogen-bond acceptors (Lipinski definition) is 5. The lowest BCUT2D eigenvalue weighted by molar-refractivity contribution is -0.120. The molecule has 0 radical (unpaired) electrons. The first-order valence-electron chi connectivity index (χ1n) is 8.04. The van der Waals surface area contributed by atoms with Gasteiger partial charge in [0, 0.05) is 11.7 Å². The van der Waals surface area contributed by atoms with Crippen LogP contribution in [0, 0.1) is 5.92 Å². The molecule has 1 aromatic heterocycles. The SMILES string of the molecule is CCCCC(CC)C(=O)Nc1nnc(SCc2ccccc2)s1. The highest BCUT2D eigenvalue weighted by Gasteiger charge is 2.17. The molecule has 124 valence electrons. The van der Waals surface area contributed by atoms with Crippen LogP contribution in [0.25, 0.3) is 0 Å². The number of carbonyl (C=O) groups excluding carboxylic acids is 1. The Balaban J connectivity index is 1.85. The fourth-order valence-corrected chi connectivity index (χ4v) is 3.93. The first kappa shape index (κ1) is 17.9. The molecule has 0 aliphatic heterocycles. The van der Waals surface area contributed by atoms with Gasteiger partial charge in [0.2, 0.25) is 11.0 Å². The van der Waals surface area contributed by atoms with Crippen LogP contribution in [0.2, 0.25) is 0 Å². The van der Waals surface area contributed by atoms with E-state index in [2.05, 4.69) is 41.5 Å². The molecule has 2 rings (SSSR count). The number of nitrogens with zero attached hydrogens (tertiary/aromatic N) is 2. The first-order valence-corrected chi connectivity index (χ1v) is 9.84. The third-order valence-corrected chi connectivity index (χ3v) is 5.65. The van der Waals surface area contributed by atoms with Crippen molar-refractivity contribution in [3.8, 4) is 0 Å². The number of unbranched alkanes of at least 4 members (excludes halogenated alkanes) is 1. The van der Waals surface area contributed by atoms with Gasteiger partial charge in [0.05, 0.1) is 0 Å². The van der Waals surface area contributed by atoms with E-state index in [-0.39, 0.29) is 11.8 Å². The van der Waals surface area contributed by atoms with Gasteiger partial charge in [0.15, 0.2) is 4.34 Å². The van der Waals surface area contributed by atoms with Gasteiger partial charge in [-0.05, 0) is 18.4 Å². The van der Waals surface area contributed by atoms with Crippen molar-refractivity contribution in [3.63, 3.8) is 0 Å². The van der Waals surface area contributed by atoms with Crippen molar-refractivity contribution < 1.29 is 4.79 Å². The van der Waals surface area contributed by atoms with Gasteiger partial charge in [-0.3, -0.25) is 4.79 Å². The quantitative estimate of drug-likeness (QED) is 0.512. The second-order valence-electron chi connectivity index (χ2n) is 5.38. The Kier molecular flexibility index (Phi) is 7.55. The second kappa shape index (κ2) is 9.67. The molecule has 0 spiro atoms. The van der Waals surface area contributed by atoms with E-state index in [1.165, 1.54) is 16.9 Å². The van der Waals surface area contributed by atoms with Gasteiger partial charge < -0.3 is 5.32 Å². The van der Waals surface area contributed by atoms with Gasteiger partial charge in [-0.1, -0.05) is 80.1 Å². The zero-order valence-electron chi connectivity index (χ0n) is 13.6. The Bertz CT molecular complexity index is 601. The van der Waals surface area contributed by atoms with E-state index < -0.39 is 0 Å². The van der Waals surface area contributed by atoms with Crippen LogP contribution in [0.1, 0.15) is 45.1 Å². The summed E-state index contributed by atoms with van der Waals surface area (Å²) in [6, 6.07) is 10.3. The van der Waals surface area contributed by atoms with Gasteiger partial charge in [-0.25, -0.2) is 0 Å². The van der Waals surface area contributed by atoms with Crippen molar-refractivity contribution in [2.45, 2.75) is 49.6 Å². The summed E-state index contributed by atoms with van der Waals surface area (Å²) >= 11 is 3.08. The first-order chi connectivity index (χ1) is 11.2. The van der Waals surface area contributed by atoms with E-state index in [9.17, 15) is 4.79 Å². The number of carbonyl (C=O) groups is 1. The molecular formula is C17H23N3OS2. The van der Waals surface area contributed by atoms with Gasteiger partial charge in [-0.2, -0.15) is 0 Å². The van der Waals surface area contributed by atoms with Crippen LogP contribution in [0.4, 0.5) is 5.13 Å². The highest BCUT2D eigenvalue weighted by molar-refractivity contribution is 8.00. The van der Waals surface area contributed by atoms with E-state index in [1.54, 1.807) is 11.8 Å². The lowest BCUT2D eigenvalue weighted by Gasteiger charge is -2.12. The number of nitrogens with one attached hydrogen (secondary N) is 1. The maximum Gasteiger partial charge on any atom is 0.229 e.